The molecule has 2 N–H and O–H groups in total. The Labute approximate surface area is 258 Å². The summed E-state index contributed by atoms with van der Waals surface area (Å²) in [7, 11) is 0. The predicted octanol–water partition coefficient (Wildman–Crippen LogP) is 7.27. The molecule has 2 heterocycles. The predicted molar refractivity (Wildman–Crippen MR) is 164 cm³/mol. The number of hydrogen-bond donors (Lipinski definition) is 2. The lowest BCUT2D eigenvalue weighted by atomic mass is 10.0. The van der Waals surface area contributed by atoms with Crippen LogP contribution >= 0.6 is 34.8 Å². The molecule has 4 aromatic rings. The molecule has 1 aliphatic carbocycles. The Morgan fingerprint density at radius 3 is 2.48 bits per heavy atom. The lowest BCUT2D eigenvalue weighted by molar-refractivity contribution is 0.0697. The number of carbonyl (C=O) groups is 1. The van der Waals surface area contributed by atoms with Gasteiger partial charge in [0.15, 0.2) is 0 Å². The van der Waals surface area contributed by atoms with Gasteiger partial charge < -0.3 is 24.6 Å². The van der Waals surface area contributed by atoms with Gasteiger partial charge in [0.2, 0.25) is 0 Å². The molecular formula is C32H26Cl3N3O4. The van der Waals surface area contributed by atoms with Crippen LogP contribution < -0.4 is 15.0 Å². The molecular weight excluding hydrogens is 597 g/mol. The fourth-order valence-corrected chi connectivity index (χ4v) is 5.74. The van der Waals surface area contributed by atoms with Crippen molar-refractivity contribution in [2.45, 2.75) is 25.4 Å². The number of anilines is 1. The van der Waals surface area contributed by atoms with Crippen molar-refractivity contribution in [3.63, 3.8) is 0 Å². The maximum absolute atomic E-state index is 11.8. The van der Waals surface area contributed by atoms with Crippen molar-refractivity contribution in [3.05, 3.63) is 97.7 Å². The highest BCUT2D eigenvalue weighted by Crippen LogP contribution is 2.46. The average molecular weight is 623 g/mol. The number of hydrogen-bond acceptors (Lipinski definition) is 6. The van der Waals surface area contributed by atoms with Gasteiger partial charge in [-0.25, -0.2) is 4.79 Å². The van der Waals surface area contributed by atoms with Crippen molar-refractivity contribution in [1.29, 1.82) is 0 Å². The summed E-state index contributed by atoms with van der Waals surface area (Å²) in [5, 5.41) is 18.6. The van der Waals surface area contributed by atoms with Gasteiger partial charge >= 0.3 is 5.97 Å². The molecule has 7 nitrogen and oxygen atoms in total. The van der Waals surface area contributed by atoms with E-state index < -0.39 is 5.97 Å². The number of rotatable bonds is 7. The molecule has 42 heavy (non-hydrogen) atoms. The third kappa shape index (κ3) is 6.23. The molecule has 2 aliphatic rings. The molecule has 214 valence electrons. The van der Waals surface area contributed by atoms with Gasteiger partial charge in [0.25, 0.3) is 0 Å². The fourth-order valence-electron chi connectivity index (χ4n) is 4.94. The zero-order valence-corrected chi connectivity index (χ0v) is 24.7. The van der Waals surface area contributed by atoms with Crippen LogP contribution in [0.1, 0.15) is 51.6 Å². The van der Waals surface area contributed by atoms with Crippen molar-refractivity contribution >= 4 is 46.5 Å². The molecule has 0 amide bonds. The van der Waals surface area contributed by atoms with E-state index >= 15 is 0 Å². The van der Waals surface area contributed by atoms with E-state index in [4.69, 9.17) is 44.1 Å². The van der Waals surface area contributed by atoms with E-state index in [1.54, 1.807) is 48.5 Å². The number of aromatic nitrogens is 1. The number of nitrogens with one attached hydrogen (secondary N) is 1. The average Bonchev–Trinajstić information content (AvgIpc) is 3.75. The number of carboxylic acid groups (broad SMARTS) is 1. The van der Waals surface area contributed by atoms with Crippen molar-refractivity contribution in [3.8, 4) is 28.8 Å². The standard InChI is InChI=1S/C32H26Cl3N3O4/c33-26-2-1-3-27(34)29(26)30-25(31(42-37-30)21-6-7-21)18-41-24-9-8-20(28(35)17-24)5-4-19-14-22(32(39)40)16-23(15-19)38-12-10-36-11-13-38/h1-3,8-9,14-17,21,36H,6-7,10-13,18H2,(H,39,40). The molecule has 1 saturated carbocycles. The lowest BCUT2D eigenvalue weighted by Gasteiger charge is -2.29. The molecule has 1 aliphatic heterocycles. The second-order valence-electron chi connectivity index (χ2n) is 10.2. The summed E-state index contributed by atoms with van der Waals surface area (Å²) in [6.45, 7) is 3.48. The number of nitrogens with zero attached hydrogens (tertiary/aromatic N) is 2. The summed E-state index contributed by atoms with van der Waals surface area (Å²) >= 11 is 19.5. The molecule has 0 spiro atoms. The van der Waals surface area contributed by atoms with E-state index in [0.717, 1.165) is 56.0 Å². The molecule has 1 aromatic heterocycles. The normalized spacial score (nSPS) is 14.8. The Bertz CT molecular complexity index is 1700. The summed E-state index contributed by atoms with van der Waals surface area (Å²) < 4.78 is 11.9. The maximum Gasteiger partial charge on any atom is 0.335 e. The van der Waals surface area contributed by atoms with Crippen LogP contribution in [0.3, 0.4) is 0 Å². The van der Waals surface area contributed by atoms with Crippen LogP contribution in [-0.4, -0.2) is 42.4 Å². The minimum absolute atomic E-state index is 0.196. The zero-order valence-electron chi connectivity index (χ0n) is 22.4. The van der Waals surface area contributed by atoms with Crippen molar-refractivity contribution in [2.75, 3.05) is 31.1 Å². The summed E-state index contributed by atoms with van der Waals surface area (Å²) in [5.41, 5.74) is 4.24. The number of ether oxygens (including phenoxy) is 1. The SMILES string of the molecule is O=C(O)c1cc(C#Cc2ccc(OCc3c(-c4c(Cl)cccc4Cl)noc3C3CC3)cc2Cl)cc(N2CCNCC2)c1. The van der Waals surface area contributed by atoms with Crippen molar-refractivity contribution in [1.82, 2.24) is 10.5 Å². The van der Waals surface area contributed by atoms with Gasteiger partial charge in [-0.15, -0.1) is 0 Å². The van der Waals surface area contributed by atoms with E-state index in [2.05, 4.69) is 27.2 Å². The minimum Gasteiger partial charge on any atom is -0.489 e. The summed E-state index contributed by atoms with van der Waals surface area (Å²) in [6.07, 6.45) is 2.06. The number of piperazine rings is 1. The van der Waals surface area contributed by atoms with E-state index in [1.165, 1.54) is 0 Å². The number of aromatic carboxylic acids is 1. The maximum atomic E-state index is 11.8. The van der Waals surface area contributed by atoms with Gasteiger partial charge in [-0.05, 0) is 55.3 Å². The first kappa shape index (κ1) is 28.4. The first-order chi connectivity index (χ1) is 20.4. The molecule has 2 fully saturated rings. The van der Waals surface area contributed by atoms with Crippen LogP contribution in [-0.2, 0) is 6.61 Å². The Morgan fingerprint density at radius 1 is 1.02 bits per heavy atom. The monoisotopic (exact) mass is 621 g/mol. The van der Waals surface area contributed by atoms with Crippen molar-refractivity contribution < 1.29 is 19.2 Å². The van der Waals surface area contributed by atoms with Crippen LogP contribution in [0, 0.1) is 11.8 Å². The van der Waals surface area contributed by atoms with Crippen LogP contribution in [0.15, 0.2) is 59.1 Å². The summed E-state index contributed by atoms with van der Waals surface area (Å²) in [6, 6.07) is 15.8. The van der Waals surface area contributed by atoms with E-state index in [0.29, 0.717) is 49.1 Å². The van der Waals surface area contributed by atoms with Gasteiger partial charge in [0, 0.05) is 60.5 Å². The summed E-state index contributed by atoms with van der Waals surface area (Å²) in [5.74, 6) is 6.82. The van der Waals surface area contributed by atoms with Crippen LogP contribution in [0.2, 0.25) is 15.1 Å². The molecule has 3 aromatic carbocycles. The molecule has 0 atom stereocenters. The van der Waals surface area contributed by atoms with Crippen molar-refractivity contribution in [2.24, 2.45) is 0 Å². The second-order valence-corrected chi connectivity index (χ2v) is 11.5. The van der Waals surface area contributed by atoms with Gasteiger partial charge in [-0.3, -0.25) is 0 Å². The Hall–Kier alpha value is -3.67. The molecule has 10 heteroatoms. The Morgan fingerprint density at radius 2 is 1.79 bits per heavy atom. The molecule has 6 rings (SSSR count). The van der Waals surface area contributed by atoms with Crippen LogP contribution in [0.25, 0.3) is 11.3 Å². The molecule has 0 unspecified atom stereocenters. The Kier molecular flexibility index (Phi) is 8.32. The highest BCUT2D eigenvalue weighted by Gasteiger charge is 2.33. The smallest absolute Gasteiger partial charge is 0.335 e. The first-order valence-corrected chi connectivity index (χ1v) is 14.7. The molecule has 0 radical (unpaired) electrons. The van der Waals surface area contributed by atoms with E-state index in [9.17, 15) is 9.90 Å². The molecule has 1 saturated heterocycles. The van der Waals surface area contributed by atoms with Gasteiger partial charge in [0.1, 0.15) is 23.8 Å². The minimum atomic E-state index is -0.993. The number of halogens is 3. The molecule has 0 bridgehead atoms. The fraction of sp³-hybridized carbons (Fsp3) is 0.250. The third-order valence-electron chi connectivity index (χ3n) is 7.28. The number of carboxylic acids is 1. The highest BCUT2D eigenvalue weighted by atomic mass is 35.5. The summed E-state index contributed by atoms with van der Waals surface area (Å²) in [4.78, 5) is 13.9. The first-order valence-electron chi connectivity index (χ1n) is 13.6. The van der Waals surface area contributed by atoms with Gasteiger partial charge in [-0.2, -0.15) is 0 Å². The lowest BCUT2D eigenvalue weighted by Crippen LogP contribution is -2.43. The second kappa shape index (κ2) is 12.3. The zero-order chi connectivity index (χ0) is 29.2. The number of benzene rings is 3. The topological polar surface area (TPSA) is 87.8 Å². The van der Waals surface area contributed by atoms with Gasteiger partial charge in [0.05, 0.1) is 26.2 Å². The third-order valence-corrected chi connectivity index (χ3v) is 8.22. The van der Waals surface area contributed by atoms with Crippen LogP contribution in [0.5, 0.6) is 5.75 Å². The van der Waals surface area contributed by atoms with Gasteiger partial charge in [-0.1, -0.05) is 57.9 Å². The largest absolute Gasteiger partial charge is 0.489 e. The highest BCUT2D eigenvalue weighted by molar-refractivity contribution is 6.39. The van der Waals surface area contributed by atoms with Crippen LogP contribution in [0.4, 0.5) is 5.69 Å². The quantitative estimate of drug-likeness (QED) is 0.210. The van der Waals surface area contributed by atoms with E-state index in [1.807, 2.05) is 6.07 Å². The van der Waals surface area contributed by atoms with E-state index in [-0.39, 0.29) is 12.2 Å². The Balaban J connectivity index is 1.22.